The number of hydrogen-bond acceptors (Lipinski definition) is 1. The van der Waals surface area contributed by atoms with Gasteiger partial charge in [-0.1, -0.05) is 24.1 Å². The van der Waals surface area contributed by atoms with Crippen molar-refractivity contribution in [2.45, 2.75) is 6.92 Å². The molecule has 1 aromatic heterocycles. The molecule has 0 unspecified atom stereocenters. The zero-order valence-electron chi connectivity index (χ0n) is 10.2. The first-order chi connectivity index (χ1) is 8.79. The van der Waals surface area contributed by atoms with Gasteiger partial charge in [-0.05, 0) is 30.7 Å². The molecule has 0 amide bonds. The first-order valence-corrected chi connectivity index (χ1v) is 5.87. The Labute approximate surface area is 106 Å². The molecular weight excluding hydrogens is 222 g/mol. The number of rotatable bonds is 2. The average Bonchev–Trinajstić information content (AvgIpc) is 2.75. The second kappa shape index (κ2) is 4.12. The number of terminal acetylenes is 1. The zero-order chi connectivity index (χ0) is 12.5. The number of aryl methyl sites for hydroxylation is 1. The van der Waals surface area contributed by atoms with E-state index in [0.29, 0.717) is 0 Å². The molecular formula is C16H13NO. The largest absolute Gasteiger partial charge is 0.479 e. The van der Waals surface area contributed by atoms with Gasteiger partial charge in [0.15, 0.2) is 0 Å². The smallest absolute Gasteiger partial charge is 0.148 e. The molecule has 0 radical (unpaired) electrons. The van der Waals surface area contributed by atoms with Crippen molar-refractivity contribution < 1.29 is 4.74 Å². The zero-order valence-corrected chi connectivity index (χ0v) is 10.2. The molecule has 1 heterocycles. The molecule has 2 heteroatoms. The molecule has 0 saturated carbocycles. The standard InChI is InChI=1S/C16H13NO/c1-3-8-18-15-10-11(2)9-13-12-6-4-5-7-14(12)17-16(13)15/h1,4-7,9-10,17H,8H2,2H3. The third-order valence-corrected chi connectivity index (χ3v) is 3.03. The maximum Gasteiger partial charge on any atom is 0.148 e. The fourth-order valence-electron chi connectivity index (χ4n) is 2.29. The van der Waals surface area contributed by atoms with Gasteiger partial charge >= 0.3 is 0 Å². The molecule has 88 valence electrons. The highest BCUT2D eigenvalue weighted by molar-refractivity contribution is 6.09. The Kier molecular flexibility index (Phi) is 2.46. The van der Waals surface area contributed by atoms with Crippen molar-refractivity contribution in [1.29, 1.82) is 0 Å². The van der Waals surface area contributed by atoms with E-state index in [1.54, 1.807) is 0 Å². The van der Waals surface area contributed by atoms with E-state index in [1.165, 1.54) is 16.3 Å². The van der Waals surface area contributed by atoms with Gasteiger partial charge < -0.3 is 9.72 Å². The lowest BCUT2D eigenvalue weighted by Crippen LogP contribution is -1.94. The van der Waals surface area contributed by atoms with Crippen LogP contribution < -0.4 is 4.74 Å². The van der Waals surface area contributed by atoms with Crippen molar-refractivity contribution in [1.82, 2.24) is 4.98 Å². The van der Waals surface area contributed by atoms with Crippen LogP contribution in [-0.2, 0) is 0 Å². The summed E-state index contributed by atoms with van der Waals surface area (Å²) in [5.41, 5.74) is 3.29. The Morgan fingerprint density at radius 3 is 2.89 bits per heavy atom. The third kappa shape index (κ3) is 1.61. The van der Waals surface area contributed by atoms with Crippen molar-refractivity contribution in [2.24, 2.45) is 0 Å². The van der Waals surface area contributed by atoms with Crippen LogP contribution in [-0.4, -0.2) is 11.6 Å². The average molecular weight is 235 g/mol. The molecule has 0 spiro atoms. The molecule has 3 aromatic rings. The van der Waals surface area contributed by atoms with Gasteiger partial charge in [-0.25, -0.2) is 0 Å². The second-order valence-corrected chi connectivity index (χ2v) is 4.35. The highest BCUT2D eigenvalue weighted by Gasteiger charge is 2.09. The summed E-state index contributed by atoms with van der Waals surface area (Å²) in [7, 11) is 0. The van der Waals surface area contributed by atoms with Gasteiger partial charge in [-0.2, -0.15) is 0 Å². The van der Waals surface area contributed by atoms with Crippen molar-refractivity contribution in [3.63, 3.8) is 0 Å². The molecule has 1 N–H and O–H groups in total. The minimum absolute atomic E-state index is 0.286. The van der Waals surface area contributed by atoms with E-state index in [2.05, 4.69) is 36.0 Å². The first-order valence-electron chi connectivity index (χ1n) is 5.87. The van der Waals surface area contributed by atoms with Crippen LogP contribution in [0.15, 0.2) is 36.4 Å². The SMILES string of the molecule is C#CCOc1cc(C)cc2c1[nH]c1ccccc12. The second-order valence-electron chi connectivity index (χ2n) is 4.35. The summed E-state index contributed by atoms with van der Waals surface area (Å²) >= 11 is 0. The fourth-order valence-corrected chi connectivity index (χ4v) is 2.29. The monoisotopic (exact) mass is 235 g/mol. The number of benzene rings is 2. The van der Waals surface area contributed by atoms with E-state index in [1.807, 2.05) is 18.2 Å². The molecule has 0 bridgehead atoms. The van der Waals surface area contributed by atoms with Gasteiger partial charge in [-0.3, -0.25) is 0 Å². The van der Waals surface area contributed by atoms with E-state index < -0.39 is 0 Å². The van der Waals surface area contributed by atoms with Crippen LogP contribution in [0.25, 0.3) is 21.8 Å². The summed E-state index contributed by atoms with van der Waals surface area (Å²) in [5.74, 6) is 3.32. The Morgan fingerprint density at radius 1 is 1.22 bits per heavy atom. The predicted octanol–water partition coefficient (Wildman–Crippen LogP) is 3.64. The quantitative estimate of drug-likeness (QED) is 0.674. The molecule has 18 heavy (non-hydrogen) atoms. The van der Waals surface area contributed by atoms with Crippen molar-refractivity contribution in [2.75, 3.05) is 6.61 Å². The predicted molar refractivity (Wildman–Crippen MR) is 74.9 cm³/mol. The normalized spacial score (nSPS) is 10.7. The van der Waals surface area contributed by atoms with E-state index in [4.69, 9.17) is 11.2 Å². The van der Waals surface area contributed by atoms with Gasteiger partial charge in [0.2, 0.25) is 0 Å². The molecule has 0 aliphatic carbocycles. The number of H-pyrrole nitrogens is 1. The highest BCUT2D eigenvalue weighted by Crippen LogP contribution is 2.32. The van der Waals surface area contributed by atoms with E-state index in [0.717, 1.165) is 16.8 Å². The molecule has 2 aromatic carbocycles. The number of fused-ring (bicyclic) bond motifs is 3. The Balaban J connectivity index is 2.33. The van der Waals surface area contributed by atoms with Crippen LogP contribution in [0.3, 0.4) is 0 Å². The summed E-state index contributed by atoms with van der Waals surface area (Å²) in [5, 5.41) is 2.39. The minimum Gasteiger partial charge on any atom is -0.479 e. The molecule has 3 rings (SSSR count). The first kappa shape index (κ1) is 10.7. The summed E-state index contributed by atoms with van der Waals surface area (Å²) in [4.78, 5) is 3.39. The lowest BCUT2D eigenvalue weighted by Gasteiger charge is -2.05. The van der Waals surface area contributed by atoms with E-state index in [9.17, 15) is 0 Å². The van der Waals surface area contributed by atoms with Crippen LogP contribution in [0.4, 0.5) is 0 Å². The number of para-hydroxylation sites is 1. The minimum atomic E-state index is 0.286. The summed E-state index contributed by atoms with van der Waals surface area (Å²) in [6.07, 6.45) is 5.25. The van der Waals surface area contributed by atoms with Gasteiger partial charge in [0, 0.05) is 16.3 Å². The summed E-state index contributed by atoms with van der Waals surface area (Å²) in [6, 6.07) is 12.4. The van der Waals surface area contributed by atoms with Crippen molar-refractivity contribution in [3.05, 3.63) is 42.0 Å². The molecule has 0 fully saturated rings. The fraction of sp³-hybridized carbons (Fsp3) is 0.125. The van der Waals surface area contributed by atoms with Gasteiger partial charge in [0.05, 0.1) is 5.52 Å². The van der Waals surface area contributed by atoms with Crippen LogP contribution in [0.1, 0.15) is 5.56 Å². The van der Waals surface area contributed by atoms with Crippen LogP contribution in [0, 0.1) is 19.3 Å². The number of nitrogens with one attached hydrogen (secondary N) is 1. The van der Waals surface area contributed by atoms with Gasteiger partial charge in [0.1, 0.15) is 12.4 Å². The molecule has 2 nitrogen and oxygen atoms in total. The summed E-state index contributed by atoms with van der Waals surface area (Å²) in [6.45, 7) is 2.35. The van der Waals surface area contributed by atoms with Crippen molar-refractivity contribution in [3.8, 4) is 18.1 Å². The topological polar surface area (TPSA) is 25.0 Å². The van der Waals surface area contributed by atoms with Gasteiger partial charge in [0.25, 0.3) is 0 Å². The Morgan fingerprint density at radius 2 is 2.06 bits per heavy atom. The maximum atomic E-state index is 5.61. The Bertz CT molecular complexity index is 762. The van der Waals surface area contributed by atoms with Crippen molar-refractivity contribution >= 4 is 21.8 Å². The molecule has 0 aliphatic heterocycles. The Hall–Kier alpha value is -2.40. The number of hydrogen-bond donors (Lipinski definition) is 1. The van der Waals surface area contributed by atoms with E-state index in [-0.39, 0.29) is 6.61 Å². The number of aromatic nitrogens is 1. The van der Waals surface area contributed by atoms with Crippen LogP contribution in [0.5, 0.6) is 5.75 Å². The summed E-state index contributed by atoms with van der Waals surface area (Å²) < 4.78 is 5.61. The molecule has 0 saturated heterocycles. The molecule has 0 atom stereocenters. The van der Waals surface area contributed by atoms with Crippen LogP contribution in [0.2, 0.25) is 0 Å². The lowest BCUT2D eigenvalue weighted by molar-refractivity contribution is 0.374. The number of aromatic amines is 1. The van der Waals surface area contributed by atoms with Crippen LogP contribution >= 0.6 is 0 Å². The van der Waals surface area contributed by atoms with E-state index >= 15 is 0 Å². The highest BCUT2D eigenvalue weighted by atomic mass is 16.5. The lowest BCUT2D eigenvalue weighted by atomic mass is 10.1. The van der Waals surface area contributed by atoms with Gasteiger partial charge in [-0.15, -0.1) is 6.42 Å². The number of ether oxygens (including phenoxy) is 1. The third-order valence-electron chi connectivity index (χ3n) is 3.03. The maximum absolute atomic E-state index is 5.61. The molecule has 0 aliphatic rings.